The Bertz CT molecular complexity index is 1230. The molecule has 10 heteroatoms. The minimum Gasteiger partial charge on any atom is -0.444 e. The van der Waals surface area contributed by atoms with Crippen molar-refractivity contribution in [2.75, 3.05) is 7.05 Å². The summed E-state index contributed by atoms with van der Waals surface area (Å²) in [6.45, 7) is 8.72. The number of sulfonamides is 1. The van der Waals surface area contributed by atoms with Gasteiger partial charge in [-0.2, -0.15) is 0 Å². The molecule has 1 heterocycles. The number of carbonyl (C=O) groups excluding carboxylic acids is 1. The van der Waals surface area contributed by atoms with Crippen LogP contribution in [0.2, 0.25) is 0 Å². The van der Waals surface area contributed by atoms with Crippen molar-refractivity contribution in [1.82, 2.24) is 9.62 Å². The number of nitrogens with zero attached hydrogens (tertiary/aromatic N) is 2. The van der Waals surface area contributed by atoms with E-state index < -0.39 is 38.5 Å². The van der Waals surface area contributed by atoms with E-state index in [0.717, 1.165) is 9.87 Å². The Hall–Kier alpha value is -3.24. The van der Waals surface area contributed by atoms with Crippen molar-refractivity contribution in [3.8, 4) is 0 Å². The zero-order chi connectivity index (χ0) is 26.6. The van der Waals surface area contributed by atoms with Gasteiger partial charge in [-0.3, -0.25) is 5.32 Å². The molecule has 0 spiro atoms. The van der Waals surface area contributed by atoms with Gasteiger partial charge in [0.15, 0.2) is 0 Å². The van der Waals surface area contributed by atoms with Crippen molar-refractivity contribution >= 4 is 22.1 Å². The molecule has 1 N–H and O–H groups in total. The van der Waals surface area contributed by atoms with Crippen LogP contribution in [0.5, 0.6) is 0 Å². The Morgan fingerprint density at radius 3 is 2.44 bits per heavy atom. The minimum atomic E-state index is -4.30. The van der Waals surface area contributed by atoms with E-state index in [9.17, 15) is 13.2 Å². The van der Waals surface area contributed by atoms with Crippen molar-refractivity contribution in [3.05, 3.63) is 84.2 Å². The molecule has 0 saturated carbocycles. The van der Waals surface area contributed by atoms with Gasteiger partial charge in [0.1, 0.15) is 17.0 Å². The topological polar surface area (TPSA) is 97.3 Å². The molecule has 36 heavy (non-hydrogen) atoms. The van der Waals surface area contributed by atoms with Crippen LogP contribution < -0.4 is 5.32 Å². The molecule has 3 rings (SSSR count). The number of aliphatic imine (C=N–C) groups is 1. The number of alkyl carbamates (subject to hydrolysis) is 1. The highest BCUT2D eigenvalue weighted by Gasteiger charge is 2.55. The number of halogens is 1. The van der Waals surface area contributed by atoms with Crippen molar-refractivity contribution in [2.24, 2.45) is 4.99 Å². The van der Waals surface area contributed by atoms with Crippen molar-refractivity contribution in [1.29, 1.82) is 0 Å². The van der Waals surface area contributed by atoms with Gasteiger partial charge in [0.25, 0.3) is 10.0 Å². The zero-order valence-electron chi connectivity index (χ0n) is 20.9. The van der Waals surface area contributed by atoms with Gasteiger partial charge in [-0.15, -0.1) is 6.58 Å². The molecule has 0 aliphatic carbocycles. The fourth-order valence-electron chi connectivity index (χ4n) is 3.92. The molecule has 2 atom stereocenters. The third kappa shape index (κ3) is 5.93. The quantitative estimate of drug-likeness (QED) is 0.538. The highest BCUT2D eigenvalue weighted by Crippen LogP contribution is 2.44. The molecule has 194 valence electrons. The number of guanidine groups is 1. The number of nitrogens with one attached hydrogen (secondary N) is 1. The largest absolute Gasteiger partial charge is 0.444 e. The summed E-state index contributed by atoms with van der Waals surface area (Å²) < 4.78 is 55.1. The number of carbonyl (C=O) groups is 1. The molecule has 0 fully saturated rings. The number of rotatable bonds is 7. The van der Waals surface area contributed by atoms with Crippen LogP contribution in [0.1, 0.15) is 44.7 Å². The maximum atomic E-state index is 15.3. The second-order valence-electron chi connectivity index (χ2n) is 9.43. The average molecular weight is 518 g/mol. The summed E-state index contributed by atoms with van der Waals surface area (Å²) in [5, 5.41) is 2.43. The Morgan fingerprint density at radius 2 is 1.83 bits per heavy atom. The molecule has 2 aromatic rings. The molecule has 2 aromatic carbocycles. The Balaban J connectivity index is 2.18. The first-order valence-electron chi connectivity index (χ1n) is 11.5. The maximum absolute atomic E-state index is 15.3. The molecular formula is C26H32FN3O5S. The minimum absolute atomic E-state index is 0.0325. The second kappa shape index (κ2) is 10.8. The van der Waals surface area contributed by atoms with E-state index in [0.29, 0.717) is 6.42 Å². The van der Waals surface area contributed by atoms with Gasteiger partial charge in [-0.1, -0.05) is 54.6 Å². The molecule has 0 radical (unpaired) electrons. The summed E-state index contributed by atoms with van der Waals surface area (Å²) in [4.78, 5) is 17.2. The first-order chi connectivity index (χ1) is 16.9. The number of ether oxygens (including phenoxy) is 2. The van der Waals surface area contributed by atoms with Crippen LogP contribution in [0.3, 0.4) is 0 Å². The number of benzene rings is 2. The fourth-order valence-corrected chi connectivity index (χ4v) is 5.57. The second-order valence-corrected chi connectivity index (χ2v) is 11.4. The van der Waals surface area contributed by atoms with Crippen LogP contribution in [0.15, 0.2) is 72.2 Å². The van der Waals surface area contributed by atoms with Crippen LogP contribution in [0, 0.1) is 5.82 Å². The summed E-state index contributed by atoms with van der Waals surface area (Å²) >= 11 is 0. The molecule has 1 aliphatic rings. The summed E-state index contributed by atoms with van der Waals surface area (Å²) in [7, 11) is -3.05. The number of allylic oxidation sites excluding steroid dienone is 1. The predicted octanol–water partition coefficient (Wildman–Crippen LogP) is 4.69. The number of hydrogen-bond donors (Lipinski definition) is 1. The molecular weight excluding hydrogens is 485 g/mol. The smallest absolute Gasteiger partial charge is 0.414 e. The normalized spacial score (nSPS) is 21.4. The fraction of sp³-hybridized carbons (Fsp3) is 0.385. The van der Waals surface area contributed by atoms with Gasteiger partial charge in [0, 0.05) is 12.6 Å². The summed E-state index contributed by atoms with van der Waals surface area (Å²) in [5.41, 5.74) is -3.36. The van der Waals surface area contributed by atoms with Crippen LogP contribution in [0.25, 0.3) is 0 Å². The summed E-state index contributed by atoms with van der Waals surface area (Å²) in [5.74, 6) is -0.939. The number of amides is 1. The van der Waals surface area contributed by atoms with Crippen molar-refractivity contribution in [3.63, 3.8) is 0 Å². The van der Waals surface area contributed by atoms with Gasteiger partial charge in [-0.25, -0.2) is 26.9 Å². The first-order valence-corrected chi connectivity index (χ1v) is 13.0. The molecule has 1 aliphatic heterocycles. The zero-order valence-corrected chi connectivity index (χ0v) is 21.7. The van der Waals surface area contributed by atoms with E-state index in [2.05, 4.69) is 16.9 Å². The molecule has 0 aromatic heterocycles. The van der Waals surface area contributed by atoms with Crippen LogP contribution in [-0.2, 0) is 31.6 Å². The highest BCUT2D eigenvalue weighted by molar-refractivity contribution is 7.90. The average Bonchev–Trinajstić information content (AvgIpc) is 2.80. The lowest BCUT2D eigenvalue weighted by atomic mass is 9.85. The van der Waals surface area contributed by atoms with Crippen molar-refractivity contribution < 1.29 is 27.1 Å². The van der Waals surface area contributed by atoms with E-state index in [-0.39, 0.29) is 24.6 Å². The van der Waals surface area contributed by atoms with E-state index in [1.807, 2.05) is 18.2 Å². The third-order valence-electron chi connectivity index (χ3n) is 5.57. The standard InChI is InChI=1S/C26H32FN3O5S/c1-6-7-17-26(20-15-11-12-16-21(20)27)22(34-18-19-13-9-8-10-14-19)36(32,33)30(5)23(29-26)28-24(31)35-25(2,3)4/h6,8-16,22H,1,7,17-18H2,2-5H3,(H,28,29,31)/t22?,26-/m1/s1. The van der Waals surface area contributed by atoms with E-state index in [1.165, 1.54) is 25.2 Å². The Kier molecular flexibility index (Phi) is 8.20. The predicted molar refractivity (Wildman–Crippen MR) is 136 cm³/mol. The molecule has 8 nitrogen and oxygen atoms in total. The molecule has 1 amide bonds. The highest BCUT2D eigenvalue weighted by atomic mass is 32.2. The Labute approximate surface area is 211 Å². The van der Waals surface area contributed by atoms with E-state index >= 15 is 4.39 Å². The lowest BCUT2D eigenvalue weighted by Gasteiger charge is -2.43. The van der Waals surface area contributed by atoms with Gasteiger partial charge in [-0.05, 0) is 45.2 Å². The first kappa shape index (κ1) is 27.3. The van der Waals surface area contributed by atoms with Crippen molar-refractivity contribution in [2.45, 2.75) is 56.8 Å². The van der Waals surface area contributed by atoms with Gasteiger partial charge in [0.05, 0.1) is 6.61 Å². The van der Waals surface area contributed by atoms with Gasteiger partial charge >= 0.3 is 6.09 Å². The van der Waals surface area contributed by atoms with E-state index in [1.54, 1.807) is 45.0 Å². The molecule has 1 unspecified atom stereocenters. The molecule has 0 saturated heterocycles. The maximum Gasteiger partial charge on any atom is 0.414 e. The third-order valence-corrected chi connectivity index (χ3v) is 7.58. The lowest BCUT2D eigenvalue weighted by Crippen LogP contribution is -2.60. The lowest BCUT2D eigenvalue weighted by molar-refractivity contribution is 0.0290. The molecule has 0 bridgehead atoms. The van der Waals surface area contributed by atoms with Crippen LogP contribution >= 0.6 is 0 Å². The van der Waals surface area contributed by atoms with Gasteiger partial charge in [0.2, 0.25) is 11.4 Å². The van der Waals surface area contributed by atoms with E-state index in [4.69, 9.17) is 9.47 Å². The number of hydrogen-bond acceptors (Lipinski definition) is 6. The van der Waals surface area contributed by atoms with Crippen LogP contribution in [0.4, 0.5) is 9.18 Å². The Morgan fingerprint density at radius 1 is 1.19 bits per heavy atom. The summed E-state index contributed by atoms with van der Waals surface area (Å²) in [6, 6.07) is 14.9. The SMILES string of the molecule is C=CCC[C@]1(c2ccccc2F)N=C(NC(=O)OC(C)(C)C)N(C)S(=O)(=O)C1OCc1ccccc1. The summed E-state index contributed by atoms with van der Waals surface area (Å²) in [6.07, 6.45) is 1.07. The monoisotopic (exact) mass is 517 g/mol. The van der Waals surface area contributed by atoms with Gasteiger partial charge < -0.3 is 9.47 Å². The van der Waals surface area contributed by atoms with Crippen LogP contribution in [-0.4, -0.2) is 42.9 Å².